The third-order valence-electron chi connectivity index (χ3n) is 4.35. The van der Waals surface area contributed by atoms with Crippen molar-refractivity contribution in [2.75, 3.05) is 14.2 Å². The van der Waals surface area contributed by atoms with Crippen LogP contribution in [0.2, 0.25) is 5.02 Å². The predicted molar refractivity (Wildman–Crippen MR) is 78.1 cm³/mol. The summed E-state index contributed by atoms with van der Waals surface area (Å²) in [7, 11) is 3.06. The largest absolute Gasteiger partial charge is 0.481 e. The zero-order valence-electron chi connectivity index (χ0n) is 12.2. The lowest BCUT2D eigenvalue weighted by Crippen LogP contribution is -2.47. The molecule has 6 heteroatoms. The van der Waals surface area contributed by atoms with Crippen LogP contribution >= 0.6 is 11.6 Å². The van der Waals surface area contributed by atoms with Gasteiger partial charge in [-0.3, -0.25) is 14.5 Å². The second kappa shape index (κ2) is 5.66. The first-order chi connectivity index (χ1) is 9.81. The lowest BCUT2D eigenvalue weighted by atomic mass is 9.90. The molecule has 1 fully saturated rings. The summed E-state index contributed by atoms with van der Waals surface area (Å²) in [5, 5.41) is 10.1. The summed E-state index contributed by atoms with van der Waals surface area (Å²) in [6.45, 7) is 1.71. The van der Waals surface area contributed by atoms with Crippen LogP contribution in [0.4, 0.5) is 0 Å². The Morgan fingerprint density at radius 1 is 1.38 bits per heavy atom. The van der Waals surface area contributed by atoms with E-state index in [4.69, 9.17) is 16.3 Å². The van der Waals surface area contributed by atoms with Crippen molar-refractivity contribution in [1.29, 1.82) is 0 Å². The van der Waals surface area contributed by atoms with E-state index in [1.54, 1.807) is 43.1 Å². The summed E-state index contributed by atoms with van der Waals surface area (Å²) in [6.07, 6.45) is 0.207. The van der Waals surface area contributed by atoms with Gasteiger partial charge in [0.2, 0.25) is 0 Å². The maximum Gasteiger partial charge on any atom is 0.326 e. The number of rotatable bonds is 3. The summed E-state index contributed by atoms with van der Waals surface area (Å²) in [4.78, 5) is 25.4. The molecule has 3 atom stereocenters. The average Bonchev–Trinajstić information content (AvgIpc) is 2.73. The fourth-order valence-electron chi connectivity index (χ4n) is 3.05. The van der Waals surface area contributed by atoms with Crippen molar-refractivity contribution in [1.82, 2.24) is 4.90 Å². The molecule has 114 valence electrons. The highest BCUT2D eigenvalue weighted by Crippen LogP contribution is 2.46. The lowest BCUT2D eigenvalue weighted by Gasteiger charge is -2.32. The number of hydrogen-bond acceptors (Lipinski definition) is 4. The number of hydrogen-bond donors (Lipinski definition) is 1. The van der Waals surface area contributed by atoms with Gasteiger partial charge in [-0.05, 0) is 38.1 Å². The van der Waals surface area contributed by atoms with Gasteiger partial charge in [-0.1, -0.05) is 23.7 Å². The molecule has 0 spiro atoms. The molecule has 0 saturated carbocycles. The Balaban J connectivity index is 2.44. The number of nitrogens with zero attached hydrogens (tertiary/aromatic N) is 1. The number of halogens is 1. The summed E-state index contributed by atoms with van der Waals surface area (Å²) in [5.74, 6) is -2.03. The van der Waals surface area contributed by atoms with Crippen molar-refractivity contribution in [3.05, 3.63) is 34.9 Å². The van der Waals surface area contributed by atoms with Crippen molar-refractivity contribution < 1.29 is 19.4 Å². The summed E-state index contributed by atoms with van der Waals surface area (Å²) >= 11 is 5.88. The van der Waals surface area contributed by atoms with E-state index in [1.807, 2.05) is 0 Å². The van der Waals surface area contributed by atoms with Crippen LogP contribution in [0.25, 0.3) is 0 Å². The zero-order valence-corrected chi connectivity index (χ0v) is 12.9. The fourth-order valence-corrected chi connectivity index (χ4v) is 3.17. The van der Waals surface area contributed by atoms with Gasteiger partial charge >= 0.3 is 11.9 Å². The molecule has 5 nitrogen and oxygen atoms in total. The zero-order chi connectivity index (χ0) is 15.8. The topological polar surface area (TPSA) is 66.8 Å². The first kappa shape index (κ1) is 15.8. The van der Waals surface area contributed by atoms with Crippen LogP contribution in [0.3, 0.4) is 0 Å². The SMILES string of the molecule is COC(=O)C1(C)CC(C(=O)O)C(c2ccc(Cl)cc2)N1C. The number of ether oxygens (including phenoxy) is 1. The molecule has 0 amide bonds. The number of likely N-dealkylation sites (N-methyl/N-ethyl adjacent to an activating group) is 1. The molecule has 1 aromatic rings. The molecular formula is C15H18ClNO4. The summed E-state index contributed by atoms with van der Waals surface area (Å²) in [5.41, 5.74) is -0.135. The van der Waals surface area contributed by atoms with E-state index in [9.17, 15) is 14.7 Å². The van der Waals surface area contributed by atoms with Crippen LogP contribution in [0, 0.1) is 5.92 Å². The number of carboxylic acids is 1. The maximum absolute atomic E-state index is 12.1. The van der Waals surface area contributed by atoms with Gasteiger partial charge in [-0.15, -0.1) is 0 Å². The highest BCUT2D eigenvalue weighted by atomic mass is 35.5. The smallest absolute Gasteiger partial charge is 0.326 e. The van der Waals surface area contributed by atoms with Crippen LogP contribution in [0.1, 0.15) is 24.9 Å². The van der Waals surface area contributed by atoms with E-state index in [1.165, 1.54) is 7.11 Å². The quantitative estimate of drug-likeness (QED) is 0.868. The monoisotopic (exact) mass is 311 g/mol. The second-order valence-corrected chi connectivity index (χ2v) is 5.96. The van der Waals surface area contributed by atoms with Gasteiger partial charge in [-0.2, -0.15) is 0 Å². The van der Waals surface area contributed by atoms with Gasteiger partial charge in [-0.25, -0.2) is 0 Å². The lowest BCUT2D eigenvalue weighted by molar-refractivity contribution is -0.152. The first-order valence-corrected chi connectivity index (χ1v) is 6.98. The summed E-state index contributed by atoms with van der Waals surface area (Å²) in [6, 6.07) is 6.63. The van der Waals surface area contributed by atoms with Crippen molar-refractivity contribution >= 4 is 23.5 Å². The number of carbonyl (C=O) groups excluding carboxylic acids is 1. The molecule has 0 aromatic heterocycles. The van der Waals surface area contributed by atoms with Crippen molar-refractivity contribution in [3.63, 3.8) is 0 Å². The fraction of sp³-hybridized carbons (Fsp3) is 0.467. The molecular weight excluding hydrogens is 294 g/mol. The van der Waals surface area contributed by atoms with Gasteiger partial charge in [0.15, 0.2) is 0 Å². The molecule has 21 heavy (non-hydrogen) atoms. The molecule has 0 bridgehead atoms. The van der Waals surface area contributed by atoms with Gasteiger partial charge in [0.25, 0.3) is 0 Å². The van der Waals surface area contributed by atoms with Gasteiger partial charge in [0, 0.05) is 11.1 Å². The van der Waals surface area contributed by atoms with Gasteiger partial charge in [0.05, 0.1) is 13.0 Å². The number of aliphatic carboxylic acids is 1. The molecule has 1 heterocycles. The number of esters is 1. The van der Waals surface area contributed by atoms with Crippen LogP contribution in [0.15, 0.2) is 24.3 Å². The Bertz CT molecular complexity index is 559. The minimum absolute atomic E-state index is 0.207. The van der Waals surface area contributed by atoms with Crippen LogP contribution in [0.5, 0.6) is 0 Å². The van der Waals surface area contributed by atoms with E-state index < -0.39 is 29.4 Å². The van der Waals surface area contributed by atoms with E-state index in [0.717, 1.165) is 5.56 Å². The van der Waals surface area contributed by atoms with Gasteiger partial charge in [0.1, 0.15) is 5.54 Å². The number of carboxylic acid groups (broad SMARTS) is 1. The van der Waals surface area contributed by atoms with Gasteiger partial charge < -0.3 is 9.84 Å². The van der Waals surface area contributed by atoms with E-state index in [2.05, 4.69) is 0 Å². The number of likely N-dealkylation sites (tertiary alicyclic amines) is 1. The maximum atomic E-state index is 12.1. The molecule has 2 rings (SSSR count). The minimum atomic E-state index is -0.956. The van der Waals surface area contributed by atoms with E-state index >= 15 is 0 Å². The standard InChI is InChI=1S/C15H18ClNO4/c1-15(14(20)21-3)8-11(13(18)19)12(17(15)2)9-4-6-10(16)7-5-9/h4-7,11-12H,8H2,1-3H3,(H,18,19). The number of benzene rings is 1. The number of carbonyl (C=O) groups is 2. The molecule has 1 saturated heterocycles. The van der Waals surface area contributed by atoms with Crippen LogP contribution in [-0.2, 0) is 14.3 Å². The second-order valence-electron chi connectivity index (χ2n) is 5.52. The van der Waals surface area contributed by atoms with Crippen molar-refractivity contribution in [2.45, 2.75) is 24.9 Å². The normalized spacial score (nSPS) is 29.3. The Morgan fingerprint density at radius 3 is 2.43 bits per heavy atom. The predicted octanol–water partition coefficient (Wildman–Crippen LogP) is 2.35. The molecule has 1 aliphatic heterocycles. The molecule has 0 radical (unpaired) electrons. The molecule has 3 unspecified atom stereocenters. The Kier molecular flexibility index (Phi) is 4.25. The molecule has 1 aliphatic rings. The van der Waals surface area contributed by atoms with E-state index in [0.29, 0.717) is 5.02 Å². The third-order valence-corrected chi connectivity index (χ3v) is 4.60. The first-order valence-electron chi connectivity index (χ1n) is 6.61. The minimum Gasteiger partial charge on any atom is -0.481 e. The van der Waals surface area contributed by atoms with Crippen LogP contribution < -0.4 is 0 Å². The Morgan fingerprint density at radius 2 is 1.95 bits per heavy atom. The number of methoxy groups -OCH3 is 1. The van der Waals surface area contributed by atoms with E-state index in [-0.39, 0.29) is 6.42 Å². The summed E-state index contributed by atoms with van der Waals surface area (Å²) < 4.78 is 4.84. The van der Waals surface area contributed by atoms with Crippen LogP contribution in [-0.4, -0.2) is 41.6 Å². The van der Waals surface area contributed by atoms with Crippen molar-refractivity contribution in [2.24, 2.45) is 5.92 Å². The Labute approximate surface area is 128 Å². The molecule has 1 N–H and O–H groups in total. The highest BCUT2D eigenvalue weighted by Gasteiger charge is 2.55. The Hall–Kier alpha value is -1.59. The average molecular weight is 312 g/mol. The molecule has 1 aromatic carbocycles. The third kappa shape index (κ3) is 2.63. The highest BCUT2D eigenvalue weighted by molar-refractivity contribution is 6.30. The molecule has 0 aliphatic carbocycles. The van der Waals surface area contributed by atoms with Crippen molar-refractivity contribution in [3.8, 4) is 0 Å².